The van der Waals surface area contributed by atoms with E-state index in [9.17, 15) is 22.4 Å². The number of carbonyl (C=O) groups excluding carboxylic acids is 1. The van der Waals surface area contributed by atoms with Crippen molar-refractivity contribution in [3.63, 3.8) is 0 Å². The van der Waals surface area contributed by atoms with E-state index in [1.807, 2.05) is 0 Å². The lowest BCUT2D eigenvalue weighted by Gasteiger charge is -2.30. The molecule has 4 aromatic rings. The van der Waals surface area contributed by atoms with Crippen LogP contribution in [0.15, 0.2) is 42.6 Å². The predicted molar refractivity (Wildman–Crippen MR) is 113 cm³/mol. The SMILES string of the molecule is O=C(N[C@H]1CC[C@@H](Nc2cccc3nc(C(F)(F)F)cn23)CC1)c1cccc2c(F)n[nH]c12. The molecule has 33 heavy (non-hydrogen) atoms. The first-order valence-corrected chi connectivity index (χ1v) is 10.5. The van der Waals surface area contributed by atoms with Crippen molar-refractivity contribution in [2.75, 3.05) is 5.32 Å². The van der Waals surface area contributed by atoms with Gasteiger partial charge < -0.3 is 10.6 Å². The third kappa shape index (κ3) is 4.10. The van der Waals surface area contributed by atoms with Crippen molar-refractivity contribution in [3.05, 3.63) is 59.8 Å². The minimum absolute atomic E-state index is 0.0469. The number of alkyl halides is 3. The molecule has 1 saturated carbocycles. The van der Waals surface area contributed by atoms with Gasteiger partial charge in [-0.3, -0.25) is 14.3 Å². The van der Waals surface area contributed by atoms with Gasteiger partial charge in [0.05, 0.1) is 16.5 Å². The zero-order chi connectivity index (χ0) is 23.2. The standard InChI is InChI=1S/C22H20F4N6O/c23-20-14-3-1-4-15(19(14)30-31-20)21(33)28-13-9-7-12(8-10-13)27-17-5-2-6-18-29-16(11-32(17)18)22(24,25)26/h1-6,11-13,27H,7-10H2,(H,28,33)(H,30,31)/t12-,13+. The number of anilines is 1. The number of rotatable bonds is 4. The highest BCUT2D eigenvalue weighted by atomic mass is 19.4. The van der Waals surface area contributed by atoms with E-state index >= 15 is 0 Å². The number of imidazole rings is 1. The van der Waals surface area contributed by atoms with Gasteiger partial charge in [-0.1, -0.05) is 12.1 Å². The van der Waals surface area contributed by atoms with Crippen molar-refractivity contribution in [1.82, 2.24) is 24.9 Å². The van der Waals surface area contributed by atoms with E-state index < -0.39 is 17.8 Å². The van der Waals surface area contributed by atoms with Gasteiger partial charge in [-0.25, -0.2) is 4.98 Å². The van der Waals surface area contributed by atoms with Crippen molar-refractivity contribution in [2.24, 2.45) is 0 Å². The van der Waals surface area contributed by atoms with Crippen LogP contribution in [0.25, 0.3) is 16.6 Å². The predicted octanol–water partition coefficient (Wildman–Crippen LogP) is 4.52. The first-order valence-electron chi connectivity index (χ1n) is 10.5. The summed E-state index contributed by atoms with van der Waals surface area (Å²) in [6, 6.07) is 9.67. The summed E-state index contributed by atoms with van der Waals surface area (Å²) in [6.07, 6.45) is -0.667. The molecule has 0 aliphatic heterocycles. The van der Waals surface area contributed by atoms with Crippen molar-refractivity contribution >= 4 is 28.3 Å². The lowest BCUT2D eigenvalue weighted by atomic mass is 9.91. The second-order valence-corrected chi connectivity index (χ2v) is 8.17. The molecule has 0 saturated heterocycles. The summed E-state index contributed by atoms with van der Waals surface area (Å²) in [5.41, 5.74) is -0.0288. The number of carbonyl (C=O) groups is 1. The fourth-order valence-electron chi connectivity index (χ4n) is 4.32. The Morgan fingerprint density at radius 3 is 2.55 bits per heavy atom. The van der Waals surface area contributed by atoms with E-state index in [-0.39, 0.29) is 29.0 Å². The van der Waals surface area contributed by atoms with Gasteiger partial charge in [0.15, 0.2) is 5.69 Å². The van der Waals surface area contributed by atoms with Gasteiger partial charge in [0.1, 0.15) is 11.5 Å². The summed E-state index contributed by atoms with van der Waals surface area (Å²) in [5, 5.41) is 12.6. The molecule has 1 amide bonds. The summed E-state index contributed by atoms with van der Waals surface area (Å²) < 4.78 is 54.1. The summed E-state index contributed by atoms with van der Waals surface area (Å²) in [4.78, 5) is 16.4. The normalized spacial score (nSPS) is 19.2. The fourth-order valence-corrected chi connectivity index (χ4v) is 4.32. The lowest BCUT2D eigenvalue weighted by Crippen LogP contribution is -2.40. The maximum Gasteiger partial charge on any atom is 0.434 e. The Labute approximate surface area is 185 Å². The van der Waals surface area contributed by atoms with Crippen LogP contribution in [0, 0.1) is 5.95 Å². The monoisotopic (exact) mass is 460 g/mol. The Kier molecular flexibility index (Phi) is 5.18. The number of halogens is 4. The minimum atomic E-state index is -4.51. The zero-order valence-corrected chi connectivity index (χ0v) is 17.3. The Morgan fingerprint density at radius 1 is 1.06 bits per heavy atom. The summed E-state index contributed by atoms with van der Waals surface area (Å²) in [5.74, 6) is -0.416. The van der Waals surface area contributed by atoms with Gasteiger partial charge in [-0.05, 0) is 49.9 Å². The van der Waals surface area contributed by atoms with Crippen LogP contribution in [-0.4, -0.2) is 37.6 Å². The number of benzene rings is 1. The van der Waals surface area contributed by atoms with E-state index in [0.29, 0.717) is 29.7 Å². The van der Waals surface area contributed by atoms with Gasteiger partial charge in [-0.2, -0.15) is 17.6 Å². The molecule has 3 N–H and O–H groups in total. The van der Waals surface area contributed by atoms with E-state index in [1.54, 1.807) is 30.3 Å². The first-order chi connectivity index (χ1) is 15.8. The molecule has 3 heterocycles. The number of aromatic amines is 1. The van der Waals surface area contributed by atoms with Gasteiger partial charge in [-0.15, -0.1) is 5.10 Å². The zero-order valence-electron chi connectivity index (χ0n) is 17.3. The van der Waals surface area contributed by atoms with Crippen molar-refractivity contribution in [2.45, 2.75) is 43.9 Å². The third-order valence-corrected chi connectivity index (χ3v) is 5.99. The number of hydrogen-bond donors (Lipinski definition) is 3. The second-order valence-electron chi connectivity index (χ2n) is 8.17. The van der Waals surface area contributed by atoms with E-state index in [0.717, 1.165) is 19.0 Å². The molecule has 1 fully saturated rings. The quantitative estimate of drug-likeness (QED) is 0.391. The molecule has 0 radical (unpaired) electrons. The fraction of sp³-hybridized carbons (Fsp3) is 0.318. The minimum Gasteiger partial charge on any atom is -0.368 e. The van der Waals surface area contributed by atoms with Crippen LogP contribution in [0.4, 0.5) is 23.4 Å². The summed E-state index contributed by atoms with van der Waals surface area (Å²) in [6.45, 7) is 0. The smallest absolute Gasteiger partial charge is 0.368 e. The van der Waals surface area contributed by atoms with Gasteiger partial charge in [0.2, 0.25) is 5.95 Å². The largest absolute Gasteiger partial charge is 0.434 e. The highest BCUT2D eigenvalue weighted by molar-refractivity contribution is 6.05. The molecule has 0 bridgehead atoms. The lowest BCUT2D eigenvalue weighted by molar-refractivity contribution is -0.140. The number of aromatic nitrogens is 4. The summed E-state index contributed by atoms with van der Waals surface area (Å²) >= 11 is 0. The van der Waals surface area contributed by atoms with Crippen LogP contribution in [0.1, 0.15) is 41.7 Å². The van der Waals surface area contributed by atoms with Crippen LogP contribution in [0.5, 0.6) is 0 Å². The average Bonchev–Trinajstić information content (AvgIpc) is 3.40. The molecule has 5 rings (SSSR count). The van der Waals surface area contributed by atoms with Crippen molar-refractivity contribution < 1.29 is 22.4 Å². The van der Waals surface area contributed by atoms with E-state index in [4.69, 9.17) is 0 Å². The molecule has 3 aromatic heterocycles. The highest BCUT2D eigenvalue weighted by Crippen LogP contribution is 2.30. The molecular weight excluding hydrogens is 440 g/mol. The number of pyridine rings is 1. The number of nitrogens with one attached hydrogen (secondary N) is 3. The Balaban J connectivity index is 1.23. The molecule has 0 spiro atoms. The van der Waals surface area contributed by atoms with Crippen molar-refractivity contribution in [1.29, 1.82) is 0 Å². The number of nitrogens with zero attached hydrogens (tertiary/aromatic N) is 3. The van der Waals surface area contributed by atoms with Crippen LogP contribution < -0.4 is 10.6 Å². The van der Waals surface area contributed by atoms with E-state index in [1.165, 1.54) is 10.5 Å². The second kappa shape index (κ2) is 8.05. The van der Waals surface area contributed by atoms with Gasteiger partial charge in [0, 0.05) is 18.3 Å². The third-order valence-electron chi connectivity index (χ3n) is 5.99. The topological polar surface area (TPSA) is 87.1 Å². The molecule has 172 valence electrons. The average molecular weight is 460 g/mol. The van der Waals surface area contributed by atoms with Crippen molar-refractivity contribution in [3.8, 4) is 0 Å². The first kappa shape index (κ1) is 21.2. The molecule has 1 aliphatic carbocycles. The number of para-hydroxylation sites is 1. The molecule has 7 nitrogen and oxygen atoms in total. The van der Waals surface area contributed by atoms with Gasteiger partial charge >= 0.3 is 6.18 Å². The van der Waals surface area contributed by atoms with Gasteiger partial charge in [0.25, 0.3) is 5.91 Å². The van der Waals surface area contributed by atoms with Crippen LogP contribution in [0.2, 0.25) is 0 Å². The maximum atomic E-state index is 13.7. The van der Waals surface area contributed by atoms with Crippen LogP contribution in [-0.2, 0) is 6.18 Å². The number of amides is 1. The maximum absolute atomic E-state index is 13.7. The number of H-pyrrole nitrogens is 1. The molecule has 1 aliphatic rings. The molecule has 1 aromatic carbocycles. The molecule has 11 heteroatoms. The highest BCUT2D eigenvalue weighted by Gasteiger charge is 2.34. The Morgan fingerprint density at radius 2 is 1.79 bits per heavy atom. The Hall–Kier alpha value is -3.63. The number of fused-ring (bicyclic) bond motifs is 2. The molecule has 0 unspecified atom stereocenters. The van der Waals surface area contributed by atoms with Crippen LogP contribution in [0.3, 0.4) is 0 Å². The number of hydrogen-bond acceptors (Lipinski definition) is 4. The summed E-state index contributed by atoms with van der Waals surface area (Å²) in [7, 11) is 0. The van der Waals surface area contributed by atoms with Crippen LogP contribution >= 0.6 is 0 Å². The molecule has 0 atom stereocenters. The Bertz CT molecular complexity index is 1320. The molecular formula is C22H20F4N6O. The van der Waals surface area contributed by atoms with E-state index in [2.05, 4.69) is 25.8 Å².